The third kappa shape index (κ3) is 3.71. The number of halogens is 1. The molecule has 0 unspecified atom stereocenters. The number of ether oxygens (including phenoxy) is 1. The Hall–Kier alpha value is -3.38. The predicted octanol–water partition coefficient (Wildman–Crippen LogP) is 5.73. The summed E-state index contributed by atoms with van der Waals surface area (Å²) in [7, 11) is 1.33. The summed E-state index contributed by atoms with van der Waals surface area (Å²) in [6.45, 7) is 5.79. The van der Waals surface area contributed by atoms with Gasteiger partial charge >= 0.3 is 5.97 Å². The first-order valence-electron chi connectivity index (χ1n) is 10.2. The van der Waals surface area contributed by atoms with Crippen LogP contribution in [0.3, 0.4) is 0 Å². The molecule has 1 aromatic heterocycles. The van der Waals surface area contributed by atoms with Crippen molar-refractivity contribution in [2.75, 3.05) is 12.0 Å². The molecule has 1 amide bonds. The van der Waals surface area contributed by atoms with Gasteiger partial charge in [0.1, 0.15) is 0 Å². The lowest BCUT2D eigenvalue weighted by Crippen LogP contribution is -2.24. The molecule has 0 bridgehead atoms. The van der Waals surface area contributed by atoms with E-state index >= 15 is 0 Å². The van der Waals surface area contributed by atoms with Crippen molar-refractivity contribution in [1.82, 2.24) is 4.57 Å². The first kappa shape index (κ1) is 21.8. The summed E-state index contributed by atoms with van der Waals surface area (Å²) in [4.78, 5) is 27.8. The molecule has 4 rings (SSSR count). The van der Waals surface area contributed by atoms with Crippen LogP contribution >= 0.6 is 15.9 Å². The second kappa shape index (κ2) is 8.63. The van der Waals surface area contributed by atoms with E-state index in [1.165, 1.54) is 7.11 Å². The molecule has 0 saturated carbocycles. The Labute approximate surface area is 195 Å². The van der Waals surface area contributed by atoms with E-state index in [1.54, 1.807) is 17.9 Å². The number of aromatic nitrogens is 1. The fourth-order valence-corrected chi connectivity index (χ4v) is 4.56. The summed E-state index contributed by atoms with van der Waals surface area (Å²) >= 11 is 3.46. The number of allylic oxidation sites excluding steroid dienone is 1. The monoisotopic (exact) mass is 490 g/mol. The van der Waals surface area contributed by atoms with Gasteiger partial charge in [-0.2, -0.15) is 0 Å². The molecule has 32 heavy (non-hydrogen) atoms. The third-order valence-electron chi connectivity index (χ3n) is 5.64. The van der Waals surface area contributed by atoms with E-state index < -0.39 is 5.97 Å². The van der Waals surface area contributed by atoms with Gasteiger partial charge in [-0.25, -0.2) is 4.79 Å². The van der Waals surface area contributed by atoms with Gasteiger partial charge in [0.25, 0.3) is 5.91 Å². The Morgan fingerprint density at radius 2 is 1.66 bits per heavy atom. The normalized spacial score (nSPS) is 15.1. The van der Waals surface area contributed by atoms with Crippen molar-refractivity contribution in [1.29, 1.82) is 0 Å². The number of methoxy groups -OCH3 is 1. The standard InChI is InChI=1S/C26H23BrN2O3/c1-16-13-19(17(2)28(16)21-10-6-5-7-11-21)14-23-24(26(31)32-4)18(3)29(25(23)30)22-12-8-9-20(27)15-22/h5-15H,1-4H3/b23-14-. The van der Waals surface area contributed by atoms with Crippen LogP contribution in [0.5, 0.6) is 0 Å². The Kier molecular flexibility index (Phi) is 5.89. The van der Waals surface area contributed by atoms with Crippen molar-refractivity contribution in [2.24, 2.45) is 0 Å². The number of amides is 1. The molecular weight excluding hydrogens is 468 g/mol. The van der Waals surface area contributed by atoms with Crippen LogP contribution in [0.4, 0.5) is 5.69 Å². The Balaban J connectivity index is 1.86. The summed E-state index contributed by atoms with van der Waals surface area (Å²) in [5, 5.41) is 0. The molecule has 2 heterocycles. The SMILES string of the molecule is COC(=O)C1=C(C)N(c2cccc(Br)c2)C(=O)/C1=C\c1cc(C)n(-c2ccccc2)c1C. The summed E-state index contributed by atoms with van der Waals surface area (Å²) in [5.41, 5.74) is 5.77. The molecule has 162 valence electrons. The maximum Gasteiger partial charge on any atom is 0.340 e. The number of anilines is 1. The van der Waals surface area contributed by atoms with Gasteiger partial charge < -0.3 is 9.30 Å². The van der Waals surface area contributed by atoms with Crippen molar-refractivity contribution in [3.8, 4) is 5.69 Å². The van der Waals surface area contributed by atoms with Gasteiger partial charge in [-0.1, -0.05) is 40.2 Å². The summed E-state index contributed by atoms with van der Waals surface area (Å²) in [5.74, 6) is -0.790. The first-order chi connectivity index (χ1) is 15.3. The maximum atomic E-state index is 13.5. The molecule has 0 atom stereocenters. The number of carbonyl (C=O) groups is 2. The lowest BCUT2D eigenvalue weighted by molar-refractivity contribution is -0.136. The van der Waals surface area contributed by atoms with Gasteiger partial charge in [0.2, 0.25) is 0 Å². The highest BCUT2D eigenvalue weighted by Crippen LogP contribution is 2.37. The Morgan fingerprint density at radius 1 is 0.969 bits per heavy atom. The second-order valence-corrected chi connectivity index (χ2v) is 8.54. The van der Waals surface area contributed by atoms with Crippen LogP contribution in [0.15, 0.2) is 82.0 Å². The van der Waals surface area contributed by atoms with E-state index in [9.17, 15) is 9.59 Å². The minimum absolute atomic E-state index is 0.259. The molecular formula is C26H23BrN2O3. The number of hydrogen-bond donors (Lipinski definition) is 0. The molecule has 1 aliphatic heterocycles. The van der Waals surface area contributed by atoms with Crippen molar-refractivity contribution < 1.29 is 14.3 Å². The molecule has 1 aliphatic rings. The van der Waals surface area contributed by atoms with Gasteiger partial charge in [0.15, 0.2) is 0 Å². The average Bonchev–Trinajstić information content (AvgIpc) is 3.19. The van der Waals surface area contributed by atoms with Crippen molar-refractivity contribution in [3.63, 3.8) is 0 Å². The minimum Gasteiger partial charge on any atom is -0.465 e. The van der Waals surface area contributed by atoms with Crippen LogP contribution in [0, 0.1) is 13.8 Å². The Morgan fingerprint density at radius 3 is 2.31 bits per heavy atom. The Bertz CT molecular complexity index is 1290. The van der Waals surface area contributed by atoms with Crippen LogP contribution in [-0.2, 0) is 14.3 Å². The molecule has 0 N–H and O–H groups in total. The zero-order chi connectivity index (χ0) is 23.0. The van der Waals surface area contributed by atoms with Gasteiger partial charge in [0.05, 0.1) is 23.9 Å². The quantitative estimate of drug-likeness (QED) is 0.346. The molecule has 0 aliphatic carbocycles. The topological polar surface area (TPSA) is 51.5 Å². The fourth-order valence-electron chi connectivity index (χ4n) is 4.17. The molecule has 6 heteroatoms. The highest BCUT2D eigenvalue weighted by Gasteiger charge is 2.38. The fraction of sp³-hybridized carbons (Fsp3) is 0.154. The maximum absolute atomic E-state index is 13.5. The van der Waals surface area contributed by atoms with E-state index in [0.29, 0.717) is 17.0 Å². The zero-order valence-electron chi connectivity index (χ0n) is 18.3. The smallest absolute Gasteiger partial charge is 0.340 e. The van der Waals surface area contributed by atoms with Gasteiger partial charge in [0, 0.05) is 27.2 Å². The number of nitrogens with zero attached hydrogens (tertiary/aromatic N) is 2. The van der Waals surface area contributed by atoms with E-state index in [1.807, 2.05) is 74.5 Å². The first-order valence-corrected chi connectivity index (χ1v) is 11.0. The highest BCUT2D eigenvalue weighted by atomic mass is 79.9. The summed E-state index contributed by atoms with van der Waals surface area (Å²) in [6.07, 6.45) is 1.79. The van der Waals surface area contributed by atoms with Crippen molar-refractivity contribution in [2.45, 2.75) is 20.8 Å². The molecule has 0 radical (unpaired) electrons. The average molecular weight is 491 g/mol. The van der Waals surface area contributed by atoms with Gasteiger partial charge in [-0.15, -0.1) is 0 Å². The van der Waals surface area contributed by atoms with Crippen LogP contribution in [0.2, 0.25) is 0 Å². The van der Waals surface area contributed by atoms with E-state index in [-0.39, 0.29) is 11.5 Å². The number of rotatable bonds is 4. The lowest BCUT2D eigenvalue weighted by atomic mass is 10.0. The van der Waals surface area contributed by atoms with Crippen molar-refractivity contribution in [3.05, 3.63) is 98.9 Å². The molecule has 3 aromatic rings. The third-order valence-corrected chi connectivity index (χ3v) is 6.13. The molecule has 0 saturated heterocycles. The summed E-state index contributed by atoms with van der Waals surface area (Å²) in [6, 6.07) is 19.5. The number of para-hydroxylation sites is 1. The van der Waals surface area contributed by atoms with Crippen LogP contribution in [-0.4, -0.2) is 23.6 Å². The molecule has 2 aromatic carbocycles. The second-order valence-electron chi connectivity index (χ2n) is 7.63. The molecule has 5 nitrogen and oxygen atoms in total. The minimum atomic E-state index is -0.531. The molecule has 0 spiro atoms. The zero-order valence-corrected chi connectivity index (χ0v) is 19.9. The summed E-state index contributed by atoms with van der Waals surface area (Å²) < 4.78 is 8.00. The van der Waals surface area contributed by atoms with Crippen LogP contribution < -0.4 is 4.90 Å². The van der Waals surface area contributed by atoms with Crippen LogP contribution in [0.1, 0.15) is 23.9 Å². The lowest BCUT2D eigenvalue weighted by Gasteiger charge is -2.18. The highest BCUT2D eigenvalue weighted by molar-refractivity contribution is 9.10. The van der Waals surface area contributed by atoms with Crippen LogP contribution in [0.25, 0.3) is 11.8 Å². The molecule has 0 fully saturated rings. The van der Waals surface area contributed by atoms with Gasteiger partial charge in [-0.05, 0) is 68.8 Å². The van der Waals surface area contributed by atoms with Crippen molar-refractivity contribution >= 4 is 39.6 Å². The number of carbonyl (C=O) groups excluding carboxylic acids is 2. The number of aryl methyl sites for hydroxylation is 1. The van der Waals surface area contributed by atoms with E-state index in [4.69, 9.17) is 4.74 Å². The van der Waals surface area contributed by atoms with E-state index in [2.05, 4.69) is 20.5 Å². The van der Waals surface area contributed by atoms with E-state index in [0.717, 1.165) is 27.1 Å². The van der Waals surface area contributed by atoms with Gasteiger partial charge in [-0.3, -0.25) is 9.69 Å². The largest absolute Gasteiger partial charge is 0.465 e. The number of benzene rings is 2. The number of hydrogen-bond acceptors (Lipinski definition) is 3. The predicted molar refractivity (Wildman–Crippen MR) is 130 cm³/mol. The number of esters is 1.